The summed E-state index contributed by atoms with van der Waals surface area (Å²) >= 11 is 0. The number of hydrogen-bond acceptors (Lipinski definition) is 4. The molecule has 0 bridgehead atoms. The Balaban J connectivity index is 2.71. The number of nitrogens with zero attached hydrogens (tertiary/aromatic N) is 1. The van der Waals surface area contributed by atoms with Gasteiger partial charge in [-0.2, -0.15) is 0 Å². The van der Waals surface area contributed by atoms with E-state index in [1.807, 2.05) is 0 Å². The molecule has 6 heteroatoms. The van der Waals surface area contributed by atoms with Gasteiger partial charge in [-0.3, -0.25) is 4.79 Å². The molecule has 0 spiro atoms. The Bertz CT molecular complexity index is 354. The Morgan fingerprint density at radius 3 is 2.27 bits per heavy atom. The molecule has 1 rings (SSSR count). The van der Waals surface area contributed by atoms with Gasteiger partial charge in [0.15, 0.2) is 9.84 Å². The SMILES string of the molecule is CC(C)(C(=O)N1CC(CO)C1)S(C)(=O)=O. The molecular weight excluding hydrogens is 218 g/mol. The molecule has 1 aliphatic heterocycles. The molecule has 0 radical (unpaired) electrons. The third kappa shape index (κ3) is 2.15. The smallest absolute Gasteiger partial charge is 0.243 e. The summed E-state index contributed by atoms with van der Waals surface area (Å²) < 4.78 is 21.4. The van der Waals surface area contributed by atoms with E-state index < -0.39 is 14.6 Å². The molecule has 15 heavy (non-hydrogen) atoms. The fourth-order valence-corrected chi connectivity index (χ4v) is 1.84. The average molecular weight is 235 g/mol. The van der Waals surface area contributed by atoms with Crippen LogP contribution in [0.1, 0.15) is 13.8 Å². The summed E-state index contributed by atoms with van der Waals surface area (Å²) in [6.45, 7) is 3.78. The maximum Gasteiger partial charge on any atom is 0.243 e. The molecule has 1 aliphatic rings. The van der Waals surface area contributed by atoms with Crippen molar-refractivity contribution in [3.05, 3.63) is 0 Å². The molecule has 1 heterocycles. The van der Waals surface area contributed by atoms with E-state index in [9.17, 15) is 13.2 Å². The van der Waals surface area contributed by atoms with Crippen LogP contribution in [-0.4, -0.2) is 55.0 Å². The van der Waals surface area contributed by atoms with Crippen LogP contribution in [0.3, 0.4) is 0 Å². The van der Waals surface area contributed by atoms with Gasteiger partial charge in [0.25, 0.3) is 0 Å². The van der Waals surface area contributed by atoms with Gasteiger partial charge in [0.05, 0.1) is 0 Å². The summed E-state index contributed by atoms with van der Waals surface area (Å²) in [5.74, 6) is -0.279. The molecule has 1 N–H and O–H groups in total. The number of carbonyl (C=O) groups excluding carboxylic acids is 1. The molecule has 0 unspecified atom stereocenters. The Kier molecular flexibility index (Phi) is 3.11. The first-order valence-electron chi connectivity index (χ1n) is 4.80. The Labute approximate surface area is 90.0 Å². The van der Waals surface area contributed by atoms with E-state index in [0.29, 0.717) is 13.1 Å². The molecule has 5 nitrogen and oxygen atoms in total. The van der Waals surface area contributed by atoms with Crippen molar-refractivity contribution in [3.8, 4) is 0 Å². The lowest BCUT2D eigenvalue weighted by molar-refractivity contribution is -0.140. The summed E-state index contributed by atoms with van der Waals surface area (Å²) in [7, 11) is -3.40. The largest absolute Gasteiger partial charge is 0.396 e. The van der Waals surface area contributed by atoms with Crippen LogP contribution in [0.2, 0.25) is 0 Å². The van der Waals surface area contributed by atoms with Gasteiger partial charge in [-0.05, 0) is 13.8 Å². The number of carbonyl (C=O) groups is 1. The summed E-state index contributed by atoms with van der Waals surface area (Å²) in [5.41, 5.74) is 0. The van der Waals surface area contributed by atoms with E-state index in [0.717, 1.165) is 6.26 Å². The molecule has 0 atom stereocenters. The van der Waals surface area contributed by atoms with Crippen LogP contribution in [0, 0.1) is 5.92 Å². The lowest BCUT2D eigenvalue weighted by Gasteiger charge is -2.41. The highest BCUT2D eigenvalue weighted by molar-refractivity contribution is 7.92. The van der Waals surface area contributed by atoms with Crippen LogP contribution < -0.4 is 0 Å². The molecule has 0 saturated carbocycles. The topological polar surface area (TPSA) is 74.7 Å². The van der Waals surface area contributed by atoms with E-state index in [4.69, 9.17) is 5.11 Å². The number of aliphatic hydroxyl groups is 1. The molecular formula is C9H17NO4S. The van der Waals surface area contributed by atoms with Gasteiger partial charge < -0.3 is 10.0 Å². The van der Waals surface area contributed by atoms with E-state index >= 15 is 0 Å². The normalized spacial score (nSPS) is 18.8. The van der Waals surface area contributed by atoms with Gasteiger partial charge in [0, 0.05) is 31.9 Å². The van der Waals surface area contributed by atoms with Gasteiger partial charge in [-0.1, -0.05) is 0 Å². The lowest BCUT2D eigenvalue weighted by Crippen LogP contribution is -2.59. The second-order valence-electron chi connectivity index (χ2n) is 4.54. The number of hydrogen-bond donors (Lipinski definition) is 1. The quantitative estimate of drug-likeness (QED) is 0.699. The predicted octanol–water partition coefficient (Wildman–Crippen LogP) is -0.740. The maximum absolute atomic E-state index is 11.8. The van der Waals surface area contributed by atoms with E-state index in [1.165, 1.54) is 18.7 Å². The number of rotatable bonds is 3. The molecule has 1 saturated heterocycles. The van der Waals surface area contributed by atoms with Crippen LogP contribution in [0.4, 0.5) is 0 Å². The maximum atomic E-state index is 11.8. The summed E-state index contributed by atoms with van der Waals surface area (Å²) in [6.07, 6.45) is 1.06. The third-order valence-electron chi connectivity index (χ3n) is 2.94. The molecule has 1 amide bonds. The number of sulfone groups is 1. The van der Waals surface area contributed by atoms with Crippen molar-refractivity contribution in [1.29, 1.82) is 0 Å². The number of amides is 1. The number of aliphatic hydroxyl groups excluding tert-OH is 1. The average Bonchev–Trinajstić information content (AvgIpc) is 1.99. The monoisotopic (exact) mass is 235 g/mol. The van der Waals surface area contributed by atoms with Crippen LogP contribution in [0.5, 0.6) is 0 Å². The van der Waals surface area contributed by atoms with Crippen molar-refractivity contribution in [1.82, 2.24) is 4.90 Å². The fourth-order valence-electron chi connectivity index (χ4n) is 1.39. The highest BCUT2D eigenvalue weighted by Crippen LogP contribution is 2.24. The van der Waals surface area contributed by atoms with Gasteiger partial charge in [-0.15, -0.1) is 0 Å². The second-order valence-corrected chi connectivity index (χ2v) is 7.11. The summed E-state index contributed by atoms with van der Waals surface area (Å²) in [5, 5.41) is 8.79. The van der Waals surface area contributed by atoms with E-state index in [-0.39, 0.29) is 18.4 Å². The van der Waals surface area contributed by atoms with Gasteiger partial charge in [0.2, 0.25) is 5.91 Å². The molecule has 0 aromatic heterocycles. The summed E-state index contributed by atoms with van der Waals surface area (Å²) in [6, 6.07) is 0. The van der Waals surface area contributed by atoms with Crippen LogP contribution >= 0.6 is 0 Å². The van der Waals surface area contributed by atoms with Crippen molar-refractivity contribution in [3.63, 3.8) is 0 Å². The zero-order valence-corrected chi connectivity index (χ0v) is 10.0. The Morgan fingerprint density at radius 1 is 1.47 bits per heavy atom. The van der Waals surface area contributed by atoms with Crippen LogP contribution in [0.15, 0.2) is 0 Å². The zero-order chi connectivity index (χ0) is 11.9. The minimum atomic E-state index is -3.40. The Morgan fingerprint density at radius 2 is 1.93 bits per heavy atom. The molecule has 1 fully saturated rings. The standard InChI is InChI=1S/C9H17NO4S/c1-9(2,15(3,13)14)8(12)10-4-7(5-10)6-11/h7,11H,4-6H2,1-3H3. The van der Waals surface area contributed by atoms with Crippen molar-refractivity contribution < 1.29 is 18.3 Å². The van der Waals surface area contributed by atoms with Crippen molar-refractivity contribution in [2.75, 3.05) is 26.0 Å². The molecule has 0 aliphatic carbocycles. The van der Waals surface area contributed by atoms with Crippen LogP contribution in [-0.2, 0) is 14.6 Å². The highest BCUT2D eigenvalue weighted by Gasteiger charge is 2.44. The van der Waals surface area contributed by atoms with Gasteiger partial charge in [-0.25, -0.2) is 8.42 Å². The van der Waals surface area contributed by atoms with Crippen molar-refractivity contribution >= 4 is 15.7 Å². The zero-order valence-electron chi connectivity index (χ0n) is 9.23. The van der Waals surface area contributed by atoms with Crippen molar-refractivity contribution in [2.24, 2.45) is 5.92 Å². The van der Waals surface area contributed by atoms with Crippen molar-refractivity contribution in [2.45, 2.75) is 18.6 Å². The minimum Gasteiger partial charge on any atom is -0.396 e. The number of likely N-dealkylation sites (tertiary alicyclic amines) is 1. The summed E-state index contributed by atoms with van der Waals surface area (Å²) in [4.78, 5) is 13.3. The minimum absolute atomic E-state index is 0.0447. The molecule has 0 aromatic carbocycles. The lowest BCUT2D eigenvalue weighted by atomic mass is 9.99. The fraction of sp³-hybridized carbons (Fsp3) is 0.889. The second kappa shape index (κ2) is 3.75. The van der Waals surface area contributed by atoms with Crippen LogP contribution in [0.25, 0.3) is 0 Å². The first-order valence-corrected chi connectivity index (χ1v) is 6.69. The first-order chi connectivity index (χ1) is 6.70. The highest BCUT2D eigenvalue weighted by atomic mass is 32.2. The van der Waals surface area contributed by atoms with Gasteiger partial charge in [0.1, 0.15) is 4.75 Å². The predicted molar refractivity (Wildman–Crippen MR) is 56.1 cm³/mol. The van der Waals surface area contributed by atoms with E-state index in [2.05, 4.69) is 0 Å². The first kappa shape index (κ1) is 12.4. The van der Waals surface area contributed by atoms with E-state index in [1.54, 1.807) is 0 Å². The molecule has 88 valence electrons. The van der Waals surface area contributed by atoms with Gasteiger partial charge >= 0.3 is 0 Å². The third-order valence-corrected chi connectivity index (χ3v) is 4.97. The Hall–Kier alpha value is -0.620. The molecule has 0 aromatic rings.